The van der Waals surface area contributed by atoms with Crippen LogP contribution >= 0.6 is 11.6 Å². The lowest BCUT2D eigenvalue weighted by atomic mass is 10.3. The van der Waals surface area contributed by atoms with Crippen molar-refractivity contribution in [2.24, 2.45) is 0 Å². The number of hydrogen-bond donors (Lipinski definition) is 1. The predicted octanol–water partition coefficient (Wildman–Crippen LogP) is 3.11. The summed E-state index contributed by atoms with van der Waals surface area (Å²) in [5, 5.41) is 8.39. The molecule has 0 aliphatic heterocycles. The minimum atomic E-state index is 0.675. The van der Waals surface area contributed by atoms with Crippen molar-refractivity contribution in [2.75, 3.05) is 0 Å². The van der Waals surface area contributed by atoms with Gasteiger partial charge in [0.2, 0.25) is 0 Å². The van der Waals surface area contributed by atoms with Crippen LogP contribution in [0.1, 0.15) is 17.0 Å². The third-order valence-corrected chi connectivity index (χ3v) is 3.45. The summed E-state index contributed by atoms with van der Waals surface area (Å²) in [7, 11) is 0. The molecule has 0 saturated heterocycles. The normalized spacial score (nSPS) is 11.0. The molecule has 0 aliphatic rings. The van der Waals surface area contributed by atoms with Crippen LogP contribution in [0, 0.1) is 6.92 Å². The lowest BCUT2D eigenvalue weighted by molar-refractivity contribution is 0.522. The Kier molecular flexibility index (Phi) is 4.03. The second-order valence-electron chi connectivity index (χ2n) is 4.73. The van der Waals surface area contributed by atoms with Crippen LogP contribution in [0.25, 0.3) is 5.69 Å². The topological polar surface area (TPSA) is 55.9 Å². The number of nitrogens with one attached hydrogen (secondary N) is 1. The molecular formula is C15H15ClN4O. The van der Waals surface area contributed by atoms with Gasteiger partial charge in [0.25, 0.3) is 0 Å². The SMILES string of the molecule is Cc1ocnc1CNCc1cnn(-c2ccc(Cl)cc2)c1. The summed E-state index contributed by atoms with van der Waals surface area (Å²) in [6.07, 6.45) is 5.30. The third kappa shape index (κ3) is 3.32. The Balaban J connectivity index is 1.60. The number of halogens is 1. The fourth-order valence-electron chi connectivity index (χ4n) is 2.01. The Morgan fingerprint density at radius 3 is 2.76 bits per heavy atom. The molecule has 3 aromatic rings. The van der Waals surface area contributed by atoms with Crippen molar-refractivity contribution in [2.45, 2.75) is 20.0 Å². The van der Waals surface area contributed by atoms with Gasteiger partial charge in [-0.2, -0.15) is 5.10 Å². The molecule has 1 aromatic carbocycles. The zero-order valence-corrected chi connectivity index (χ0v) is 12.3. The molecule has 0 saturated carbocycles. The van der Waals surface area contributed by atoms with E-state index in [0.29, 0.717) is 6.54 Å². The average molecular weight is 303 g/mol. The van der Waals surface area contributed by atoms with E-state index in [2.05, 4.69) is 15.4 Å². The van der Waals surface area contributed by atoms with Crippen molar-refractivity contribution in [1.29, 1.82) is 0 Å². The summed E-state index contributed by atoms with van der Waals surface area (Å²) in [4.78, 5) is 4.15. The van der Waals surface area contributed by atoms with E-state index in [-0.39, 0.29) is 0 Å². The zero-order valence-electron chi connectivity index (χ0n) is 11.6. The van der Waals surface area contributed by atoms with Crippen LogP contribution in [0.4, 0.5) is 0 Å². The van der Waals surface area contributed by atoms with Gasteiger partial charge in [0.05, 0.1) is 17.6 Å². The van der Waals surface area contributed by atoms with Gasteiger partial charge >= 0.3 is 0 Å². The molecule has 0 atom stereocenters. The van der Waals surface area contributed by atoms with Gasteiger partial charge in [0.15, 0.2) is 6.39 Å². The molecule has 0 spiro atoms. The first kappa shape index (κ1) is 13.9. The van der Waals surface area contributed by atoms with Gasteiger partial charge in [0, 0.05) is 29.9 Å². The molecular weight excluding hydrogens is 288 g/mol. The number of rotatable bonds is 5. The van der Waals surface area contributed by atoms with Crippen molar-refractivity contribution < 1.29 is 4.42 Å². The third-order valence-electron chi connectivity index (χ3n) is 3.19. The van der Waals surface area contributed by atoms with E-state index in [0.717, 1.165) is 34.3 Å². The minimum absolute atomic E-state index is 0.675. The van der Waals surface area contributed by atoms with Gasteiger partial charge in [-0.05, 0) is 31.2 Å². The van der Waals surface area contributed by atoms with Gasteiger partial charge in [-0.1, -0.05) is 11.6 Å². The van der Waals surface area contributed by atoms with Crippen LogP contribution in [0.5, 0.6) is 0 Å². The van der Waals surface area contributed by atoms with E-state index in [1.807, 2.05) is 48.3 Å². The van der Waals surface area contributed by atoms with E-state index in [4.69, 9.17) is 16.0 Å². The monoisotopic (exact) mass is 302 g/mol. The lowest BCUT2D eigenvalue weighted by Gasteiger charge is -2.01. The smallest absolute Gasteiger partial charge is 0.181 e. The lowest BCUT2D eigenvalue weighted by Crippen LogP contribution is -2.13. The van der Waals surface area contributed by atoms with E-state index >= 15 is 0 Å². The largest absolute Gasteiger partial charge is 0.448 e. The van der Waals surface area contributed by atoms with Crippen molar-refractivity contribution in [1.82, 2.24) is 20.1 Å². The van der Waals surface area contributed by atoms with Crippen LogP contribution < -0.4 is 5.32 Å². The molecule has 0 amide bonds. The summed E-state index contributed by atoms with van der Waals surface area (Å²) in [5.74, 6) is 0.847. The maximum atomic E-state index is 5.88. The molecule has 3 rings (SSSR count). The maximum absolute atomic E-state index is 5.88. The van der Waals surface area contributed by atoms with Crippen molar-refractivity contribution in [3.63, 3.8) is 0 Å². The van der Waals surface area contributed by atoms with Gasteiger partial charge in [-0.15, -0.1) is 0 Å². The van der Waals surface area contributed by atoms with Gasteiger partial charge in [-0.25, -0.2) is 9.67 Å². The number of oxazole rings is 1. The van der Waals surface area contributed by atoms with Gasteiger partial charge in [-0.3, -0.25) is 0 Å². The predicted molar refractivity (Wildman–Crippen MR) is 80.4 cm³/mol. The molecule has 108 valence electrons. The molecule has 2 aromatic heterocycles. The van der Waals surface area contributed by atoms with Gasteiger partial charge in [0.1, 0.15) is 5.76 Å². The second kappa shape index (κ2) is 6.11. The van der Waals surface area contributed by atoms with Crippen LogP contribution in [-0.2, 0) is 13.1 Å². The van der Waals surface area contributed by atoms with Crippen molar-refractivity contribution in [3.8, 4) is 5.69 Å². The summed E-state index contributed by atoms with van der Waals surface area (Å²) in [6.45, 7) is 3.30. The molecule has 0 aliphatic carbocycles. The van der Waals surface area contributed by atoms with Crippen LogP contribution in [-0.4, -0.2) is 14.8 Å². The molecule has 0 radical (unpaired) electrons. The highest BCUT2D eigenvalue weighted by Gasteiger charge is 2.04. The summed E-state index contributed by atoms with van der Waals surface area (Å²) < 4.78 is 6.99. The van der Waals surface area contributed by atoms with Crippen molar-refractivity contribution in [3.05, 3.63) is 65.1 Å². The highest BCUT2D eigenvalue weighted by atomic mass is 35.5. The van der Waals surface area contributed by atoms with Crippen LogP contribution in [0.15, 0.2) is 47.5 Å². The first-order chi connectivity index (χ1) is 10.2. The Hall–Kier alpha value is -2.11. The zero-order chi connectivity index (χ0) is 14.7. The van der Waals surface area contributed by atoms with E-state index in [9.17, 15) is 0 Å². The Morgan fingerprint density at radius 2 is 2.05 bits per heavy atom. The quantitative estimate of drug-likeness (QED) is 0.787. The molecule has 0 fully saturated rings. The number of nitrogens with zero attached hydrogens (tertiary/aromatic N) is 3. The molecule has 6 heteroatoms. The fourth-order valence-corrected chi connectivity index (χ4v) is 2.14. The Bertz CT molecular complexity index is 717. The highest BCUT2D eigenvalue weighted by molar-refractivity contribution is 6.30. The fraction of sp³-hybridized carbons (Fsp3) is 0.200. The second-order valence-corrected chi connectivity index (χ2v) is 5.16. The number of aryl methyl sites for hydroxylation is 1. The standard InChI is InChI=1S/C15H15ClN4O/c1-11-15(18-10-21-11)8-17-6-12-7-19-20(9-12)14-4-2-13(16)3-5-14/h2-5,7,9-10,17H,6,8H2,1H3. The minimum Gasteiger partial charge on any atom is -0.448 e. The summed E-state index contributed by atoms with van der Waals surface area (Å²) in [6, 6.07) is 7.57. The van der Waals surface area contributed by atoms with Crippen LogP contribution in [0.2, 0.25) is 5.02 Å². The van der Waals surface area contributed by atoms with E-state index in [1.165, 1.54) is 6.39 Å². The summed E-state index contributed by atoms with van der Waals surface area (Å²) >= 11 is 5.88. The molecule has 5 nitrogen and oxygen atoms in total. The first-order valence-corrected chi connectivity index (χ1v) is 6.99. The van der Waals surface area contributed by atoms with Crippen molar-refractivity contribution >= 4 is 11.6 Å². The Morgan fingerprint density at radius 1 is 1.24 bits per heavy atom. The average Bonchev–Trinajstić information content (AvgIpc) is 3.10. The number of benzene rings is 1. The molecule has 21 heavy (non-hydrogen) atoms. The first-order valence-electron chi connectivity index (χ1n) is 6.61. The molecule has 1 N–H and O–H groups in total. The summed E-state index contributed by atoms with van der Waals surface area (Å²) in [5.41, 5.74) is 3.02. The Labute approximate surface area is 127 Å². The van der Waals surface area contributed by atoms with Crippen LogP contribution in [0.3, 0.4) is 0 Å². The van der Waals surface area contributed by atoms with E-state index in [1.54, 1.807) is 0 Å². The number of hydrogen-bond acceptors (Lipinski definition) is 4. The van der Waals surface area contributed by atoms with E-state index < -0.39 is 0 Å². The van der Waals surface area contributed by atoms with Gasteiger partial charge < -0.3 is 9.73 Å². The maximum Gasteiger partial charge on any atom is 0.181 e. The number of aromatic nitrogens is 3. The molecule has 0 bridgehead atoms. The molecule has 0 unspecified atom stereocenters. The highest BCUT2D eigenvalue weighted by Crippen LogP contribution is 2.13. The molecule has 2 heterocycles.